The van der Waals surface area contributed by atoms with Crippen LogP contribution in [0.4, 0.5) is 24.8 Å². The van der Waals surface area contributed by atoms with Gasteiger partial charge in [-0.15, -0.1) is 0 Å². The Balaban J connectivity index is 0.000000470. The van der Waals surface area contributed by atoms with Crippen molar-refractivity contribution in [2.75, 3.05) is 5.32 Å². The molecule has 0 spiro atoms. The van der Waals surface area contributed by atoms with Crippen LogP contribution in [0.15, 0.2) is 91.4 Å². The molecule has 0 aliphatic rings. The molecule has 0 saturated carbocycles. The molecule has 2 aromatic heterocycles. The van der Waals surface area contributed by atoms with Gasteiger partial charge < -0.3 is 10.4 Å². The van der Waals surface area contributed by atoms with Gasteiger partial charge in [0.05, 0.1) is 23.0 Å². The van der Waals surface area contributed by atoms with Crippen molar-refractivity contribution >= 4 is 17.6 Å². The van der Waals surface area contributed by atoms with Gasteiger partial charge >= 0.3 is 12.1 Å². The molecule has 5 aromatic rings. The lowest BCUT2D eigenvalue weighted by molar-refractivity contribution is -0.192. The first kappa shape index (κ1) is 27.5. The summed E-state index contributed by atoms with van der Waals surface area (Å²) in [5.74, 6) is -1.56. The fourth-order valence-corrected chi connectivity index (χ4v) is 3.51. The van der Waals surface area contributed by atoms with Crippen LogP contribution in [0.25, 0.3) is 28.1 Å². The zero-order chi connectivity index (χ0) is 28.7. The van der Waals surface area contributed by atoms with E-state index in [-0.39, 0.29) is 0 Å². The molecule has 5 rings (SSSR count). The summed E-state index contributed by atoms with van der Waals surface area (Å²) in [6, 6.07) is 27.6. The van der Waals surface area contributed by atoms with Gasteiger partial charge in [-0.05, 0) is 66.6 Å². The van der Waals surface area contributed by atoms with E-state index in [9.17, 15) is 18.4 Å². The Morgan fingerprint density at radius 3 is 2.23 bits per heavy atom. The molecular weight excluding hydrogens is 523 g/mol. The first-order valence-electron chi connectivity index (χ1n) is 11.6. The van der Waals surface area contributed by atoms with Crippen molar-refractivity contribution in [3.05, 3.63) is 103 Å². The standard InChI is InChI=1S/C26H19N7.C2HF3O2/c1-18-29-17-33(32-18)24-9-7-23(8-10-24)30-26-28-12-11-25(31-26)22-14-19(16-27)13-21(15-22)20-5-3-2-4-6-20;3-2(4,5)1(6)7/h2-15,17H,1H3,(H,28,30,31);(H,6,7). The lowest BCUT2D eigenvalue weighted by atomic mass is 9.99. The lowest BCUT2D eigenvalue weighted by Crippen LogP contribution is -2.21. The van der Waals surface area contributed by atoms with Crippen LogP contribution < -0.4 is 5.32 Å². The summed E-state index contributed by atoms with van der Waals surface area (Å²) >= 11 is 0. The van der Waals surface area contributed by atoms with E-state index in [0.717, 1.165) is 39.6 Å². The van der Waals surface area contributed by atoms with Crippen molar-refractivity contribution in [2.24, 2.45) is 0 Å². The Labute approximate surface area is 226 Å². The molecule has 12 heteroatoms. The van der Waals surface area contributed by atoms with Crippen molar-refractivity contribution in [1.82, 2.24) is 24.7 Å². The summed E-state index contributed by atoms with van der Waals surface area (Å²) in [6.45, 7) is 1.85. The number of nitrogens with zero attached hydrogens (tertiary/aromatic N) is 6. The molecule has 0 atom stereocenters. The Bertz CT molecular complexity index is 1660. The smallest absolute Gasteiger partial charge is 0.475 e. The second-order valence-corrected chi connectivity index (χ2v) is 8.25. The highest BCUT2D eigenvalue weighted by molar-refractivity contribution is 5.74. The van der Waals surface area contributed by atoms with Gasteiger partial charge in [0.15, 0.2) is 0 Å². The predicted octanol–water partition coefficient (Wildman–Crippen LogP) is 5.95. The molecule has 40 heavy (non-hydrogen) atoms. The fraction of sp³-hybridized carbons (Fsp3) is 0.0714. The van der Waals surface area contributed by atoms with E-state index in [0.29, 0.717) is 11.5 Å². The number of aliphatic carboxylic acids is 1. The van der Waals surface area contributed by atoms with E-state index in [4.69, 9.17) is 9.90 Å². The van der Waals surface area contributed by atoms with Crippen molar-refractivity contribution in [1.29, 1.82) is 5.26 Å². The topological polar surface area (TPSA) is 130 Å². The van der Waals surface area contributed by atoms with E-state index in [2.05, 4.69) is 31.4 Å². The van der Waals surface area contributed by atoms with Gasteiger partial charge in [-0.2, -0.15) is 23.5 Å². The summed E-state index contributed by atoms with van der Waals surface area (Å²) in [6.07, 6.45) is -1.69. The van der Waals surface area contributed by atoms with Gasteiger partial charge in [0.2, 0.25) is 5.95 Å². The van der Waals surface area contributed by atoms with Crippen LogP contribution >= 0.6 is 0 Å². The highest BCUT2D eigenvalue weighted by Gasteiger charge is 2.38. The summed E-state index contributed by atoms with van der Waals surface area (Å²) in [4.78, 5) is 22.1. The number of carboxylic acids is 1. The summed E-state index contributed by atoms with van der Waals surface area (Å²) < 4.78 is 33.5. The predicted molar refractivity (Wildman–Crippen MR) is 141 cm³/mol. The van der Waals surface area contributed by atoms with Gasteiger partial charge in [0, 0.05) is 17.4 Å². The largest absolute Gasteiger partial charge is 0.490 e. The maximum Gasteiger partial charge on any atom is 0.490 e. The number of anilines is 2. The Kier molecular flexibility index (Phi) is 8.15. The van der Waals surface area contributed by atoms with Gasteiger partial charge in [0.1, 0.15) is 12.2 Å². The van der Waals surface area contributed by atoms with E-state index in [1.54, 1.807) is 17.2 Å². The van der Waals surface area contributed by atoms with Crippen molar-refractivity contribution in [2.45, 2.75) is 13.1 Å². The number of aryl methyl sites for hydroxylation is 1. The van der Waals surface area contributed by atoms with Crippen LogP contribution in [-0.4, -0.2) is 42.0 Å². The molecule has 0 radical (unpaired) electrons. The molecule has 0 aliphatic heterocycles. The Hall–Kier alpha value is -5.57. The number of alkyl halides is 3. The van der Waals surface area contributed by atoms with Crippen LogP contribution in [0.5, 0.6) is 0 Å². The minimum atomic E-state index is -5.08. The maximum absolute atomic E-state index is 10.6. The Morgan fingerprint density at radius 2 is 1.62 bits per heavy atom. The summed E-state index contributed by atoms with van der Waals surface area (Å²) in [5, 5.41) is 24.2. The summed E-state index contributed by atoms with van der Waals surface area (Å²) in [5.41, 5.74) is 5.95. The monoisotopic (exact) mass is 543 g/mol. The molecule has 0 amide bonds. The molecule has 2 heterocycles. The van der Waals surface area contributed by atoms with E-state index in [1.165, 1.54) is 0 Å². The number of rotatable bonds is 5. The van der Waals surface area contributed by atoms with Crippen molar-refractivity contribution < 1.29 is 23.1 Å². The number of carboxylic acid groups (broad SMARTS) is 1. The average Bonchev–Trinajstić information content (AvgIpc) is 3.40. The van der Waals surface area contributed by atoms with Crippen molar-refractivity contribution in [3.8, 4) is 34.1 Å². The first-order valence-corrected chi connectivity index (χ1v) is 11.6. The number of hydrogen-bond acceptors (Lipinski definition) is 7. The molecule has 9 nitrogen and oxygen atoms in total. The minimum Gasteiger partial charge on any atom is -0.475 e. The van der Waals surface area contributed by atoms with Gasteiger partial charge in [0.25, 0.3) is 0 Å². The molecule has 200 valence electrons. The third-order valence-electron chi connectivity index (χ3n) is 5.36. The normalized spacial score (nSPS) is 10.7. The average molecular weight is 544 g/mol. The number of hydrogen-bond donors (Lipinski definition) is 2. The van der Waals surface area contributed by atoms with Gasteiger partial charge in [-0.25, -0.2) is 24.4 Å². The minimum absolute atomic E-state index is 0.473. The molecule has 0 bridgehead atoms. The van der Waals surface area contributed by atoms with Crippen LogP contribution in [0, 0.1) is 18.3 Å². The fourth-order valence-electron chi connectivity index (χ4n) is 3.51. The number of halogens is 3. The van der Waals surface area contributed by atoms with Crippen LogP contribution in [0.2, 0.25) is 0 Å². The van der Waals surface area contributed by atoms with Crippen LogP contribution in [0.3, 0.4) is 0 Å². The molecule has 0 saturated heterocycles. The second kappa shape index (κ2) is 11.9. The lowest BCUT2D eigenvalue weighted by Gasteiger charge is -2.09. The zero-order valence-electron chi connectivity index (χ0n) is 20.8. The van der Waals surface area contributed by atoms with Gasteiger partial charge in [-0.1, -0.05) is 30.3 Å². The number of carbonyl (C=O) groups is 1. The second-order valence-electron chi connectivity index (χ2n) is 8.25. The highest BCUT2D eigenvalue weighted by atomic mass is 19.4. The van der Waals surface area contributed by atoms with E-state index in [1.807, 2.05) is 85.8 Å². The van der Waals surface area contributed by atoms with E-state index >= 15 is 0 Å². The summed E-state index contributed by atoms with van der Waals surface area (Å²) in [7, 11) is 0. The van der Waals surface area contributed by atoms with E-state index < -0.39 is 12.1 Å². The van der Waals surface area contributed by atoms with Gasteiger partial charge in [-0.3, -0.25) is 0 Å². The molecule has 2 N–H and O–H groups in total. The SMILES string of the molecule is Cc1ncn(-c2ccc(Nc3nccc(-c4cc(C#N)cc(-c5ccccc5)c4)n3)cc2)n1.O=C(O)C(F)(F)F. The Morgan fingerprint density at radius 1 is 0.950 bits per heavy atom. The molecule has 0 fully saturated rings. The number of benzene rings is 3. The molecular formula is C28H20F3N7O2. The third kappa shape index (κ3) is 7.05. The molecule has 0 aliphatic carbocycles. The third-order valence-corrected chi connectivity index (χ3v) is 5.36. The quantitative estimate of drug-likeness (QED) is 0.278. The number of nitrogens with one attached hydrogen (secondary N) is 1. The van der Waals surface area contributed by atoms with Crippen molar-refractivity contribution in [3.63, 3.8) is 0 Å². The van der Waals surface area contributed by atoms with Crippen LogP contribution in [0.1, 0.15) is 11.4 Å². The first-order chi connectivity index (χ1) is 19.1. The zero-order valence-corrected chi connectivity index (χ0v) is 20.8. The molecule has 0 unspecified atom stereocenters. The number of nitriles is 1. The van der Waals surface area contributed by atoms with Crippen LogP contribution in [-0.2, 0) is 4.79 Å². The molecule has 3 aromatic carbocycles. The maximum atomic E-state index is 10.6. The number of aromatic nitrogens is 5. The highest BCUT2D eigenvalue weighted by Crippen LogP contribution is 2.28.